The van der Waals surface area contributed by atoms with Crippen molar-refractivity contribution in [1.82, 2.24) is 19.1 Å². The Morgan fingerprint density at radius 2 is 1.53 bits per heavy atom. The van der Waals surface area contributed by atoms with Crippen LogP contribution in [0.2, 0.25) is 0 Å². The Morgan fingerprint density at radius 1 is 0.918 bits per heavy atom. The number of unbranched alkanes of at least 4 members (excludes halogenated alkanes) is 1. The average molecular weight is 693 g/mol. The van der Waals surface area contributed by atoms with Gasteiger partial charge in [0.05, 0.1) is 28.1 Å². The molecule has 4 aliphatic rings. The Kier molecular flexibility index (Phi) is 8.57. The Morgan fingerprint density at radius 3 is 2.16 bits per heavy atom. The molecule has 8 rings (SSSR count). The highest BCUT2D eigenvalue weighted by atomic mass is 32.2. The Bertz CT molecular complexity index is 2020. The predicted molar refractivity (Wildman–Crippen MR) is 178 cm³/mol. The molecular formula is C37H39F3N4O4S. The predicted octanol–water partition coefficient (Wildman–Crippen LogP) is 7.13. The molecule has 0 saturated heterocycles. The van der Waals surface area contributed by atoms with Gasteiger partial charge in [-0.15, -0.1) is 5.10 Å². The van der Waals surface area contributed by atoms with Crippen molar-refractivity contribution in [1.29, 1.82) is 0 Å². The van der Waals surface area contributed by atoms with Crippen molar-refractivity contribution in [3.63, 3.8) is 0 Å². The first-order valence-electron chi connectivity index (χ1n) is 17.0. The van der Waals surface area contributed by atoms with Crippen LogP contribution < -0.4 is 10.4 Å². The van der Waals surface area contributed by atoms with Gasteiger partial charge in [0.25, 0.3) is 10.0 Å². The molecule has 4 fully saturated rings. The topological polar surface area (TPSA) is 103 Å². The van der Waals surface area contributed by atoms with E-state index in [0.29, 0.717) is 53.1 Å². The molecule has 4 saturated carbocycles. The summed E-state index contributed by atoms with van der Waals surface area (Å²) in [5, 5.41) is 4.34. The number of carbonyl (C=O) groups excluding carboxylic acids is 1. The maximum Gasteiger partial charge on any atom is 0.418 e. The van der Waals surface area contributed by atoms with Crippen molar-refractivity contribution < 1.29 is 26.4 Å². The van der Waals surface area contributed by atoms with Crippen LogP contribution >= 0.6 is 0 Å². The first kappa shape index (κ1) is 33.3. The number of amides is 1. The molecule has 1 aromatic heterocycles. The highest BCUT2D eigenvalue weighted by Gasteiger charge is 2.55. The lowest BCUT2D eigenvalue weighted by Gasteiger charge is -2.55. The molecule has 4 aromatic rings. The number of nitrogens with one attached hydrogen (secondary N) is 1. The minimum absolute atomic E-state index is 0.00325. The molecule has 0 spiro atoms. The monoisotopic (exact) mass is 692 g/mol. The zero-order valence-electron chi connectivity index (χ0n) is 27.2. The number of nitrogens with zero attached hydrogens (tertiary/aromatic N) is 3. The summed E-state index contributed by atoms with van der Waals surface area (Å²) in [7, 11) is -4.18. The molecule has 0 atom stereocenters. The minimum atomic E-state index is -4.67. The Balaban J connectivity index is 1.15. The maximum absolute atomic E-state index is 13.8. The fourth-order valence-corrected chi connectivity index (χ4v) is 10.1. The van der Waals surface area contributed by atoms with E-state index in [1.54, 1.807) is 42.5 Å². The highest BCUT2D eigenvalue weighted by Crippen LogP contribution is 2.60. The van der Waals surface area contributed by atoms with Crippen LogP contribution in [0.1, 0.15) is 75.2 Å². The molecule has 0 unspecified atom stereocenters. The van der Waals surface area contributed by atoms with Gasteiger partial charge >= 0.3 is 11.9 Å². The number of hydrogen-bond acceptors (Lipinski definition) is 5. The van der Waals surface area contributed by atoms with Crippen LogP contribution in [0, 0.1) is 23.2 Å². The fourth-order valence-electron chi connectivity index (χ4n) is 8.76. The zero-order valence-corrected chi connectivity index (χ0v) is 28.1. The number of carbonyl (C=O) groups is 1. The van der Waals surface area contributed by atoms with Gasteiger partial charge in [-0.2, -0.15) is 17.9 Å². The number of alkyl halides is 3. The first-order valence-corrected chi connectivity index (χ1v) is 18.5. The van der Waals surface area contributed by atoms with Crippen LogP contribution in [0.15, 0.2) is 82.5 Å². The van der Waals surface area contributed by atoms with Crippen molar-refractivity contribution in [2.24, 2.45) is 23.2 Å². The van der Waals surface area contributed by atoms with Crippen LogP contribution in [0.25, 0.3) is 16.8 Å². The number of aromatic nitrogens is 3. The molecule has 258 valence electrons. The summed E-state index contributed by atoms with van der Waals surface area (Å²) in [6, 6.07) is 18.4. The van der Waals surface area contributed by atoms with Crippen molar-refractivity contribution >= 4 is 15.9 Å². The molecule has 8 nitrogen and oxygen atoms in total. The third kappa shape index (κ3) is 6.35. The van der Waals surface area contributed by atoms with Crippen LogP contribution in [0.4, 0.5) is 13.2 Å². The second-order valence-corrected chi connectivity index (χ2v) is 15.8. The van der Waals surface area contributed by atoms with E-state index < -0.39 is 32.9 Å². The summed E-state index contributed by atoms with van der Waals surface area (Å²) in [5.74, 6) is 1.47. The molecule has 49 heavy (non-hydrogen) atoms. The second kappa shape index (κ2) is 12.6. The molecule has 3 aromatic carbocycles. The van der Waals surface area contributed by atoms with Crippen LogP contribution in [-0.2, 0) is 34.0 Å². The van der Waals surface area contributed by atoms with Gasteiger partial charge in [-0.3, -0.25) is 9.36 Å². The van der Waals surface area contributed by atoms with Gasteiger partial charge in [-0.1, -0.05) is 67.9 Å². The molecule has 0 aliphatic heterocycles. The van der Waals surface area contributed by atoms with E-state index in [-0.39, 0.29) is 23.0 Å². The SMILES string of the molecule is CCCCc1nn(-c2ccccc2C(F)(F)F)c(=O)n1Cc1ccc(-c2ccccc2S(=O)(=O)NC(=O)C23CC4CC(CC(C4)C2)C3)cc1. The normalized spacial score (nSPS) is 23.1. The fraction of sp³-hybridized carbons (Fsp3) is 0.432. The van der Waals surface area contributed by atoms with E-state index >= 15 is 0 Å². The summed E-state index contributed by atoms with van der Waals surface area (Å²) in [5.41, 5.74) is -0.871. The van der Waals surface area contributed by atoms with Crippen molar-refractivity contribution in [2.45, 2.75) is 82.3 Å². The molecular weight excluding hydrogens is 653 g/mol. The van der Waals surface area contributed by atoms with Crippen LogP contribution in [0.3, 0.4) is 0 Å². The maximum atomic E-state index is 13.8. The van der Waals surface area contributed by atoms with Crippen LogP contribution in [-0.4, -0.2) is 28.7 Å². The third-order valence-corrected chi connectivity index (χ3v) is 12.0. The zero-order chi connectivity index (χ0) is 34.6. The lowest BCUT2D eigenvalue weighted by molar-refractivity contribution is -0.144. The van der Waals surface area contributed by atoms with Gasteiger partial charge in [0, 0.05) is 12.0 Å². The standard InChI is InChI=1S/C37H39F3N4O4S/c1-2-3-12-33-41-44(31-10-6-5-9-30(31)37(38,39)40)35(46)43(33)23-24-13-15-28(16-14-24)29-8-4-7-11-32(29)49(47,48)42-34(45)36-20-25-17-26(21-36)19-27(18-25)22-36/h4-11,13-16,25-27H,2-3,12,17-23H2,1H3,(H,42,45). The number of halogens is 3. The summed E-state index contributed by atoms with van der Waals surface area (Å²) >= 11 is 0. The number of rotatable bonds is 10. The first-order chi connectivity index (χ1) is 23.4. The number of sulfonamides is 1. The van der Waals surface area contributed by atoms with Gasteiger partial charge in [0.2, 0.25) is 5.91 Å². The van der Waals surface area contributed by atoms with Gasteiger partial charge < -0.3 is 0 Å². The van der Waals surface area contributed by atoms with Crippen molar-refractivity contribution in [3.05, 3.63) is 100 Å². The highest BCUT2D eigenvalue weighted by molar-refractivity contribution is 7.90. The molecule has 0 radical (unpaired) electrons. The van der Waals surface area contributed by atoms with Gasteiger partial charge in [0.1, 0.15) is 5.82 Å². The molecule has 4 aliphatic carbocycles. The molecule has 12 heteroatoms. The average Bonchev–Trinajstić information content (AvgIpc) is 3.37. The summed E-state index contributed by atoms with van der Waals surface area (Å²) in [4.78, 5) is 27.2. The number of benzene rings is 3. The van der Waals surface area contributed by atoms with E-state index in [2.05, 4.69) is 9.82 Å². The smallest absolute Gasteiger partial charge is 0.274 e. The quantitative estimate of drug-likeness (QED) is 0.191. The van der Waals surface area contributed by atoms with Crippen molar-refractivity contribution in [2.75, 3.05) is 0 Å². The lowest BCUT2D eigenvalue weighted by Crippen LogP contribution is -2.54. The molecule has 1 amide bonds. The number of para-hydroxylation sites is 1. The van der Waals surface area contributed by atoms with E-state index in [1.807, 2.05) is 6.92 Å². The van der Waals surface area contributed by atoms with E-state index in [1.165, 1.54) is 28.8 Å². The minimum Gasteiger partial charge on any atom is -0.274 e. The Labute approximate surface area is 283 Å². The molecule has 1 heterocycles. The third-order valence-electron chi connectivity index (χ3n) is 10.7. The van der Waals surface area contributed by atoms with E-state index in [4.69, 9.17) is 0 Å². The van der Waals surface area contributed by atoms with Crippen LogP contribution in [0.5, 0.6) is 0 Å². The molecule has 4 bridgehead atoms. The molecule has 1 N–H and O–H groups in total. The second-order valence-electron chi connectivity index (χ2n) is 14.1. The Hall–Kier alpha value is -4.19. The number of aryl methyl sites for hydroxylation is 1. The van der Waals surface area contributed by atoms with Gasteiger partial charge in [-0.25, -0.2) is 17.9 Å². The van der Waals surface area contributed by atoms with E-state index in [0.717, 1.165) is 55.7 Å². The van der Waals surface area contributed by atoms with Crippen molar-refractivity contribution in [3.8, 4) is 16.8 Å². The summed E-state index contributed by atoms with van der Waals surface area (Å²) in [6.07, 6.45) is 2.91. The van der Waals surface area contributed by atoms with E-state index in [9.17, 15) is 31.2 Å². The van der Waals surface area contributed by atoms with Gasteiger partial charge in [-0.05, 0) is 92.0 Å². The number of hydrogen-bond donors (Lipinski definition) is 1. The summed E-state index contributed by atoms with van der Waals surface area (Å²) < 4.78 is 73.6. The largest absolute Gasteiger partial charge is 0.418 e. The summed E-state index contributed by atoms with van der Waals surface area (Å²) in [6.45, 7) is 2.04. The lowest BCUT2D eigenvalue weighted by atomic mass is 9.49. The van der Waals surface area contributed by atoms with Gasteiger partial charge in [0.15, 0.2) is 0 Å².